The zero-order chi connectivity index (χ0) is 24.0. The van der Waals surface area contributed by atoms with E-state index >= 15 is 0 Å². The van der Waals surface area contributed by atoms with Crippen molar-refractivity contribution in [1.29, 1.82) is 0 Å². The number of carbonyl (C=O) groups excluding carboxylic acids is 2. The van der Waals surface area contributed by atoms with Crippen LogP contribution in [0.2, 0.25) is 0 Å². The van der Waals surface area contributed by atoms with E-state index in [-0.39, 0.29) is 23.2 Å². The number of piperidine rings is 1. The van der Waals surface area contributed by atoms with Crippen molar-refractivity contribution >= 4 is 29.8 Å². The van der Waals surface area contributed by atoms with E-state index in [4.69, 9.17) is 10.5 Å². The highest BCUT2D eigenvalue weighted by atomic mass is 19.4. The first-order valence-corrected chi connectivity index (χ1v) is 10.2. The number of ether oxygens (including phenoxy) is 1. The minimum absolute atomic E-state index is 0.0711. The number of nitrogens with two attached hydrogens (primary N) is 1. The maximum atomic E-state index is 12.9. The summed E-state index contributed by atoms with van der Waals surface area (Å²) in [6.45, 7) is 1.94. The Morgan fingerprint density at radius 2 is 2.06 bits per heavy atom. The molecule has 0 saturated carbocycles. The highest BCUT2D eigenvalue weighted by molar-refractivity contribution is 6.04. The van der Waals surface area contributed by atoms with Crippen molar-refractivity contribution in [2.45, 2.75) is 25.1 Å². The number of amides is 1. The summed E-state index contributed by atoms with van der Waals surface area (Å²) >= 11 is 0. The second kappa shape index (κ2) is 10.4. The molecule has 33 heavy (non-hydrogen) atoms. The van der Waals surface area contributed by atoms with Gasteiger partial charge in [0.1, 0.15) is 23.4 Å². The summed E-state index contributed by atoms with van der Waals surface area (Å²) in [6.07, 6.45) is -0.585. The number of carbonyl (C=O) groups is 2. The van der Waals surface area contributed by atoms with Crippen molar-refractivity contribution in [3.8, 4) is 5.75 Å². The lowest BCUT2D eigenvalue weighted by Crippen LogP contribution is -2.36. The van der Waals surface area contributed by atoms with Gasteiger partial charge in [-0.3, -0.25) is 14.7 Å². The van der Waals surface area contributed by atoms with E-state index < -0.39 is 17.8 Å². The Balaban J connectivity index is 1.77. The third-order valence-electron chi connectivity index (χ3n) is 5.24. The highest BCUT2D eigenvalue weighted by Gasteiger charge is 2.33. The number of alkyl halides is 3. The minimum Gasteiger partial charge on any atom is -0.494 e. The number of hydrogen-bond acceptors (Lipinski definition) is 7. The molecule has 3 rings (SSSR count). The van der Waals surface area contributed by atoms with E-state index in [1.807, 2.05) is 0 Å². The van der Waals surface area contributed by atoms with Crippen LogP contribution in [-0.2, 0) is 11.0 Å². The summed E-state index contributed by atoms with van der Waals surface area (Å²) in [5.74, 6) is -0.582. The molecule has 1 aliphatic rings. The molecule has 8 nitrogen and oxygen atoms in total. The predicted molar refractivity (Wildman–Crippen MR) is 118 cm³/mol. The zero-order valence-corrected chi connectivity index (χ0v) is 17.9. The lowest BCUT2D eigenvalue weighted by atomic mass is 10.1. The molecule has 1 aromatic carbocycles. The molecule has 0 spiro atoms. The fraction of sp³-hybridized carbons (Fsp3) is 0.364. The average molecular weight is 463 g/mol. The number of nitrogens with zero attached hydrogens (tertiary/aromatic N) is 3. The number of nitrogens with one attached hydrogen (secondary N) is 1. The maximum absolute atomic E-state index is 12.9. The van der Waals surface area contributed by atoms with Gasteiger partial charge in [-0.2, -0.15) is 13.2 Å². The summed E-state index contributed by atoms with van der Waals surface area (Å²) in [7, 11) is 1.38. The molecule has 11 heteroatoms. The number of aliphatic imine (C=N–C) groups is 1. The van der Waals surface area contributed by atoms with Gasteiger partial charge >= 0.3 is 6.18 Å². The quantitative estimate of drug-likeness (QED) is 0.371. The highest BCUT2D eigenvalue weighted by Crippen LogP contribution is 2.31. The van der Waals surface area contributed by atoms with Gasteiger partial charge in [-0.05, 0) is 31.0 Å². The summed E-state index contributed by atoms with van der Waals surface area (Å²) in [4.78, 5) is 33.2. The van der Waals surface area contributed by atoms with Crippen LogP contribution in [0.4, 0.5) is 24.5 Å². The molecule has 0 atom stereocenters. The molecular formula is C22H24F3N5O3. The fourth-order valence-electron chi connectivity index (χ4n) is 3.44. The van der Waals surface area contributed by atoms with Crippen molar-refractivity contribution in [3.63, 3.8) is 0 Å². The number of rotatable bonds is 7. The third-order valence-corrected chi connectivity index (χ3v) is 5.24. The average Bonchev–Trinajstić information content (AvgIpc) is 2.79. The first kappa shape index (κ1) is 24.2. The molecule has 1 fully saturated rings. The van der Waals surface area contributed by atoms with Gasteiger partial charge < -0.3 is 20.6 Å². The third kappa shape index (κ3) is 6.28. The molecule has 1 aromatic heterocycles. The number of methoxy groups -OCH3 is 1. The Morgan fingerprint density at radius 1 is 1.33 bits per heavy atom. The van der Waals surface area contributed by atoms with Gasteiger partial charge in [0.2, 0.25) is 0 Å². The number of anilines is 2. The van der Waals surface area contributed by atoms with E-state index in [0.717, 1.165) is 44.4 Å². The number of hydrogen-bond donors (Lipinski definition) is 2. The largest absolute Gasteiger partial charge is 0.494 e. The topological polar surface area (TPSA) is 110 Å². The number of halogens is 3. The van der Waals surface area contributed by atoms with E-state index in [2.05, 4.69) is 20.2 Å². The molecule has 176 valence electrons. The van der Waals surface area contributed by atoms with Crippen molar-refractivity contribution in [2.75, 3.05) is 37.8 Å². The monoisotopic (exact) mass is 463 g/mol. The van der Waals surface area contributed by atoms with Crippen LogP contribution in [0.1, 0.15) is 34.6 Å². The summed E-state index contributed by atoms with van der Waals surface area (Å²) in [6, 6.07) is 6.21. The SMILES string of the molecule is COc1cc(N)c(C=NC2CCN(CC=O)CC2)cc1NC(=O)c1cccc(C(F)(F)F)n1. The van der Waals surface area contributed by atoms with Gasteiger partial charge in [0.05, 0.1) is 25.4 Å². The number of nitrogen functional groups attached to an aromatic ring is 1. The summed E-state index contributed by atoms with van der Waals surface area (Å²) in [5.41, 5.74) is 5.65. The number of aromatic nitrogens is 1. The zero-order valence-electron chi connectivity index (χ0n) is 17.9. The van der Waals surface area contributed by atoms with Crippen molar-refractivity contribution in [1.82, 2.24) is 9.88 Å². The molecule has 0 aliphatic carbocycles. The van der Waals surface area contributed by atoms with Gasteiger partial charge in [0.15, 0.2) is 0 Å². The Labute approximate surface area is 188 Å². The van der Waals surface area contributed by atoms with Crippen LogP contribution in [0.5, 0.6) is 5.75 Å². The standard InChI is InChI=1S/C22H24F3N5O3/c1-33-19-12-16(26)14(13-27-15-5-7-30(8-6-15)9-10-31)11-18(19)29-21(32)17-3-2-4-20(28-17)22(23,24)25/h2-4,10-13,15H,5-9,26H2,1H3,(H,29,32). The number of likely N-dealkylation sites (tertiary alicyclic amines) is 1. The molecule has 1 saturated heterocycles. The Kier molecular flexibility index (Phi) is 7.64. The lowest BCUT2D eigenvalue weighted by Gasteiger charge is -2.28. The first-order chi connectivity index (χ1) is 15.7. The van der Waals surface area contributed by atoms with Gasteiger partial charge in [-0.15, -0.1) is 0 Å². The van der Waals surface area contributed by atoms with Gasteiger partial charge in [0.25, 0.3) is 5.91 Å². The van der Waals surface area contributed by atoms with E-state index in [0.29, 0.717) is 17.8 Å². The molecular weight excluding hydrogens is 439 g/mol. The van der Waals surface area contributed by atoms with Crippen LogP contribution in [-0.4, -0.2) is 61.1 Å². The second-order valence-electron chi connectivity index (χ2n) is 7.52. The molecule has 2 heterocycles. The molecule has 3 N–H and O–H groups in total. The van der Waals surface area contributed by atoms with Gasteiger partial charge in [-0.25, -0.2) is 4.98 Å². The normalized spacial score (nSPS) is 15.5. The molecule has 0 radical (unpaired) electrons. The van der Waals surface area contributed by atoms with E-state index in [1.54, 1.807) is 12.3 Å². The van der Waals surface area contributed by atoms with Crippen molar-refractivity contribution in [2.24, 2.45) is 4.99 Å². The fourth-order valence-corrected chi connectivity index (χ4v) is 3.44. The van der Waals surface area contributed by atoms with E-state index in [1.165, 1.54) is 19.2 Å². The van der Waals surface area contributed by atoms with Crippen molar-refractivity contribution in [3.05, 3.63) is 47.3 Å². The predicted octanol–water partition coefficient (Wildman–Crippen LogP) is 3.03. The van der Waals surface area contributed by atoms with Gasteiger partial charge in [-0.1, -0.05) is 6.07 Å². The molecule has 1 aliphatic heterocycles. The van der Waals surface area contributed by atoms with Crippen LogP contribution in [0, 0.1) is 0 Å². The Morgan fingerprint density at radius 3 is 2.70 bits per heavy atom. The number of aldehydes is 1. The second-order valence-corrected chi connectivity index (χ2v) is 7.52. The van der Waals surface area contributed by atoms with Crippen LogP contribution < -0.4 is 15.8 Å². The lowest BCUT2D eigenvalue weighted by molar-refractivity contribution is -0.141. The minimum atomic E-state index is -4.66. The maximum Gasteiger partial charge on any atom is 0.433 e. The van der Waals surface area contributed by atoms with Gasteiger partial charge in [0, 0.05) is 36.6 Å². The first-order valence-electron chi connectivity index (χ1n) is 10.2. The molecule has 0 unspecified atom stereocenters. The molecule has 1 amide bonds. The number of pyridine rings is 1. The van der Waals surface area contributed by atoms with Crippen LogP contribution in [0.15, 0.2) is 35.3 Å². The number of benzene rings is 1. The van der Waals surface area contributed by atoms with Crippen molar-refractivity contribution < 1.29 is 27.5 Å². The Hall–Kier alpha value is -3.47. The van der Waals surface area contributed by atoms with Crippen LogP contribution in [0.3, 0.4) is 0 Å². The van der Waals surface area contributed by atoms with Crippen LogP contribution in [0.25, 0.3) is 0 Å². The summed E-state index contributed by atoms with van der Waals surface area (Å²) < 4.78 is 44.0. The Bertz CT molecular complexity index is 1030. The summed E-state index contributed by atoms with van der Waals surface area (Å²) in [5, 5.41) is 2.53. The van der Waals surface area contributed by atoms with E-state index in [9.17, 15) is 22.8 Å². The molecule has 2 aromatic rings. The molecule has 0 bridgehead atoms. The smallest absolute Gasteiger partial charge is 0.433 e. The van der Waals surface area contributed by atoms with Crippen LogP contribution >= 0.6 is 0 Å².